The van der Waals surface area contributed by atoms with Crippen molar-refractivity contribution in [2.75, 3.05) is 12.4 Å². The molecule has 0 amide bonds. The Labute approximate surface area is 161 Å². The Bertz CT molecular complexity index is 951. The average molecular weight is 384 g/mol. The molecule has 0 bridgehead atoms. The molecule has 4 rings (SSSR count). The number of nitrogens with one attached hydrogen (secondary N) is 1. The predicted octanol–water partition coefficient (Wildman–Crippen LogP) is 4.65. The third-order valence-corrected chi connectivity index (χ3v) is 5.71. The Morgan fingerprint density at radius 2 is 1.93 bits per heavy atom. The van der Waals surface area contributed by atoms with Crippen LogP contribution in [0.15, 0.2) is 48.6 Å². The molecular weight excluding hydrogens is 366 g/mol. The van der Waals surface area contributed by atoms with Crippen molar-refractivity contribution in [3.05, 3.63) is 75.8 Å². The van der Waals surface area contributed by atoms with E-state index in [9.17, 15) is 9.59 Å². The Hall–Kier alpha value is -2.79. The molecule has 2 aromatic rings. The van der Waals surface area contributed by atoms with E-state index in [-0.39, 0.29) is 29.4 Å². The van der Waals surface area contributed by atoms with Gasteiger partial charge in [-0.25, -0.2) is 9.59 Å². The Morgan fingerprint density at radius 1 is 1.19 bits per heavy atom. The van der Waals surface area contributed by atoms with Crippen molar-refractivity contribution < 1.29 is 19.4 Å². The van der Waals surface area contributed by atoms with Crippen molar-refractivity contribution >= 4 is 29.2 Å². The number of carbonyl (C=O) groups is 2. The second-order valence-electron chi connectivity index (χ2n) is 6.78. The fourth-order valence-electron chi connectivity index (χ4n) is 4.13. The van der Waals surface area contributed by atoms with Gasteiger partial charge >= 0.3 is 11.9 Å². The lowest BCUT2D eigenvalue weighted by Gasteiger charge is -2.38. The number of fused-ring (bicyclic) bond motifs is 3. The van der Waals surface area contributed by atoms with Gasteiger partial charge in [0, 0.05) is 5.92 Å². The summed E-state index contributed by atoms with van der Waals surface area (Å²) in [6, 6.07) is 10.3. The first-order chi connectivity index (χ1) is 13.0. The molecule has 6 heteroatoms. The number of esters is 1. The van der Waals surface area contributed by atoms with E-state index in [1.54, 1.807) is 24.3 Å². The maximum atomic E-state index is 12.3. The summed E-state index contributed by atoms with van der Waals surface area (Å²) >= 11 is 6.46. The number of hydrogen-bond acceptors (Lipinski definition) is 4. The van der Waals surface area contributed by atoms with E-state index in [1.807, 2.05) is 12.1 Å². The minimum Gasteiger partial charge on any atom is -0.478 e. The second kappa shape index (κ2) is 6.74. The normalized spacial score (nSPS) is 22.5. The fraction of sp³-hybridized carbons (Fsp3) is 0.238. The molecule has 0 aromatic heterocycles. The Kier molecular flexibility index (Phi) is 4.40. The highest BCUT2D eigenvalue weighted by Crippen LogP contribution is 2.52. The van der Waals surface area contributed by atoms with E-state index in [4.69, 9.17) is 21.4 Å². The van der Waals surface area contributed by atoms with Gasteiger partial charge in [-0.1, -0.05) is 35.9 Å². The summed E-state index contributed by atoms with van der Waals surface area (Å²) in [5.41, 5.74) is 3.36. The van der Waals surface area contributed by atoms with Crippen molar-refractivity contribution in [3.63, 3.8) is 0 Å². The summed E-state index contributed by atoms with van der Waals surface area (Å²) in [5.74, 6) is -1.09. The number of anilines is 1. The van der Waals surface area contributed by atoms with Crippen LogP contribution in [0.1, 0.15) is 50.2 Å². The van der Waals surface area contributed by atoms with Gasteiger partial charge in [0.15, 0.2) is 0 Å². The van der Waals surface area contributed by atoms with E-state index >= 15 is 0 Å². The molecule has 2 aliphatic rings. The van der Waals surface area contributed by atoms with Crippen LogP contribution in [0.5, 0.6) is 0 Å². The summed E-state index contributed by atoms with van der Waals surface area (Å²) < 4.78 is 4.95. The van der Waals surface area contributed by atoms with Crippen LogP contribution in [0.3, 0.4) is 0 Å². The average Bonchev–Trinajstić information content (AvgIpc) is 3.17. The van der Waals surface area contributed by atoms with Crippen LogP contribution in [-0.2, 0) is 4.74 Å². The highest BCUT2D eigenvalue weighted by molar-refractivity contribution is 6.33. The lowest BCUT2D eigenvalue weighted by molar-refractivity contribution is 0.0597. The molecule has 3 atom stereocenters. The fourth-order valence-corrected chi connectivity index (χ4v) is 4.34. The van der Waals surface area contributed by atoms with Crippen molar-refractivity contribution in [2.24, 2.45) is 5.92 Å². The number of benzene rings is 2. The van der Waals surface area contributed by atoms with Crippen LogP contribution in [-0.4, -0.2) is 24.2 Å². The number of hydrogen-bond donors (Lipinski definition) is 2. The first kappa shape index (κ1) is 17.6. The Balaban J connectivity index is 1.80. The molecule has 0 fully saturated rings. The van der Waals surface area contributed by atoms with Crippen LogP contribution in [0.4, 0.5) is 5.69 Å². The van der Waals surface area contributed by atoms with E-state index in [0.29, 0.717) is 10.6 Å². The molecule has 2 N–H and O–H groups in total. The van der Waals surface area contributed by atoms with Crippen molar-refractivity contribution in [1.82, 2.24) is 0 Å². The number of rotatable bonds is 3. The van der Waals surface area contributed by atoms with Gasteiger partial charge in [0.25, 0.3) is 0 Å². The van der Waals surface area contributed by atoms with Crippen LogP contribution in [0, 0.1) is 5.92 Å². The third-order valence-electron chi connectivity index (χ3n) is 5.39. The predicted molar refractivity (Wildman–Crippen MR) is 103 cm³/mol. The quantitative estimate of drug-likeness (QED) is 0.596. The number of allylic oxidation sites excluding steroid dienone is 2. The third kappa shape index (κ3) is 2.88. The Morgan fingerprint density at radius 3 is 2.59 bits per heavy atom. The molecule has 1 heterocycles. The van der Waals surface area contributed by atoms with Gasteiger partial charge in [0.1, 0.15) is 0 Å². The molecular formula is C21H18ClNO4. The molecule has 0 saturated heterocycles. The summed E-state index contributed by atoms with van der Waals surface area (Å²) in [7, 11) is 1.37. The molecule has 0 radical (unpaired) electrons. The molecule has 5 nitrogen and oxygen atoms in total. The molecule has 0 spiro atoms. The number of methoxy groups -OCH3 is 1. The van der Waals surface area contributed by atoms with E-state index < -0.39 is 5.97 Å². The molecule has 0 unspecified atom stereocenters. The summed E-state index contributed by atoms with van der Waals surface area (Å²) in [6.45, 7) is 0. The largest absolute Gasteiger partial charge is 0.478 e. The highest BCUT2D eigenvalue weighted by atomic mass is 35.5. The van der Waals surface area contributed by atoms with Crippen LogP contribution in [0.2, 0.25) is 5.02 Å². The topological polar surface area (TPSA) is 75.6 Å². The number of carbonyl (C=O) groups excluding carboxylic acids is 1. The number of ether oxygens (including phenoxy) is 1. The zero-order chi connectivity index (χ0) is 19.1. The van der Waals surface area contributed by atoms with E-state index in [0.717, 1.165) is 23.2 Å². The maximum absolute atomic E-state index is 12.3. The van der Waals surface area contributed by atoms with Crippen molar-refractivity contribution in [2.45, 2.75) is 18.4 Å². The summed E-state index contributed by atoms with van der Waals surface area (Å²) in [5, 5.41) is 13.2. The van der Waals surface area contributed by atoms with E-state index in [2.05, 4.69) is 17.5 Å². The minimum absolute atomic E-state index is 0.0364. The van der Waals surface area contributed by atoms with Gasteiger partial charge in [0.05, 0.1) is 35.0 Å². The minimum atomic E-state index is -0.949. The van der Waals surface area contributed by atoms with Crippen LogP contribution < -0.4 is 5.32 Å². The number of aromatic carboxylic acids is 1. The second-order valence-corrected chi connectivity index (χ2v) is 7.19. The van der Waals surface area contributed by atoms with Gasteiger partial charge < -0.3 is 15.2 Å². The lowest BCUT2D eigenvalue weighted by Crippen LogP contribution is -2.30. The monoisotopic (exact) mass is 383 g/mol. The van der Waals surface area contributed by atoms with Gasteiger partial charge in [-0.15, -0.1) is 0 Å². The molecule has 1 aliphatic heterocycles. The highest BCUT2D eigenvalue weighted by Gasteiger charge is 2.41. The smallest absolute Gasteiger partial charge is 0.338 e. The summed E-state index contributed by atoms with van der Waals surface area (Å²) in [4.78, 5) is 23.4. The van der Waals surface area contributed by atoms with Gasteiger partial charge in [-0.05, 0) is 47.7 Å². The molecule has 1 aliphatic carbocycles. The lowest BCUT2D eigenvalue weighted by atomic mass is 9.75. The number of carboxylic acids is 1. The van der Waals surface area contributed by atoms with Crippen LogP contribution >= 0.6 is 11.6 Å². The SMILES string of the molecule is COC(=O)c1ccc(Cl)c2c1[C@H]1C=CC[C@@H]1[C@H](c1ccc(C(=O)O)cc1)N2. The number of carboxylic acid groups (broad SMARTS) is 1. The van der Waals surface area contributed by atoms with E-state index in [1.165, 1.54) is 7.11 Å². The van der Waals surface area contributed by atoms with Crippen molar-refractivity contribution in [1.29, 1.82) is 0 Å². The zero-order valence-electron chi connectivity index (χ0n) is 14.6. The standard InChI is InChI=1S/C21H18ClNO4/c1-27-21(26)15-9-10-16(22)19-17(15)13-3-2-4-14(13)18(23-19)11-5-7-12(8-6-11)20(24)25/h2-3,5-10,13-14,18,23H,4H2,1H3,(H,24,25)/t13-,14-,18-/m0/s1. The van der Waals surface area contributed by atoms with Gasteiger partial charge in [-0.2, -0.15) is 0 Å². The molecule has 0 saturated carbocycles. The van der Waals surface area contributed by atoms with Gasteiger partial charge in [0.2, 0.25) is 0 Å². The molecule has 2 aromatic carbocycles. The molecule has 27 heavy (non-hydrogen) atoms. The van der Waals surface area contributed by atoms with Crippen LogP contribution in [0.25, 0.3) is 0 Å². The zero-order valence-corrected chi connectivity index (χ0v) is 15.4. The van der Waals surface area contributed by atoms with Gasteiger partial charge in [-0.3, -0.25) is 0 Å². The molecule has 138 valence electrons. The van der Waals surface area contributed by atoms with Crippen molar-refractivity contribution in [3.8, 4) is 0 Å². The summed E-state index contributed by atoms with van der Waals surface area (Å²) in [6.07, 6.45) is 5.09. The first-order valence-electron chi connectivity index (χ1n) is 8.68. The maximum Gasteiger partial charge on any atom is 0.338 e. The first-order valence-corrected chi connectivity index (χ1v) is 9.06. The number of halogens is 1.